The fraction of sp³-hybridized carbons (Fsp3) is 0.267. The molecule has 0 saturated heterocycles. The summed E-state index contributed by atoms with van der Waals surface area (Å²) in [5, 5.41) is 11.0. The first-order valence-corrected chi connectivity index (χ1v) is 6.47. The molecule has 0 bridgehead atoms. The Hall–Kier alpha value is -2.63. The van der Waals surface area contributed by atoms with Crippen LogP contribution >= 0.6 is 0 Å². The van der Waals surface area contributed by atoms with Gasteiger partial charge in [0.05, 0.1) is 4.92 Å². The molecule has 0 aliphatic heterocycles. The van der Waals surface area contributed by atoms with Crippen molar-refractivity contribution in [3.8, 4) is 11.6 Å². The molecule has 6 heteroatoms. The fourth-order valence-corrected chi connectivity index (χ4v) is 1.94. The van der Waals surface area contributed by atoms with Crippen LogP contribution in [0, 0.1) is 10.1 Å². The van der Waals surface area contributed by atoms with E-state index in [-0.39, 0.29) is 22.8 Å². The predicted octanol–water partition coefficient (Wildman–Crippen LogP) is 3.66. The summed E-state index contributed by atoms with van der Waals surface area (Å²) in [6, 6.07) is 10.1. The van der Waals surface area contributed by atoms with Crippen molar-refractivity contribution in [1.82, 2.24) is 4.98 Å². The fourth-order valence-electron chi connectivity index (χ4n) is 1.94. The van der Waals surface area contributed by atoms with Crippen LogP contribution < -0.4 is 10.5 Å². The largest absolute Gasteiger partial charge is 0.433 e. The number of rotatable bonds is 3. The van der Waals surface area contributed by atoms with Crippen LogP contribution in [0.5, 0.6) is 11.6 Å². The molecule has 0 saturated carbocycles. The number of pyridine rings is 1. The van der Waals surface area contributed by atoms with Crippen molar-refractivity contribution in [2.24, 2.45) is 0 Å². The summed E-state index contributed by atoms with van der Waals surface area (Å²) >= 11 is 0. The zero-order valence-electron chi connectivity index (χ0n) is 12.2. The van der Waals surface area contributed by atoms with E-state index in [1.54, 1.807) is 6.07 Å². The highest BCUT2D eigenvalue weighted by Gasteiger charge is 2.23. The highest BCUT2D eigenvalue weighted by molar-refractivity contribution is 5.50. The van der Waals surface area contributed by atoms with E-state index in [1.807, 2.05) is 39.0 Å². The number of nitro groups is 1. The van der Waals surface area contributed by atoms with Crippen LogP contribution in [0.3, 0.4) is 0 Å². The van der Waals surface area contributed by atoms with Crippen molar-refractivity contribution in [2.45, 2.75) is 26.2 Å². The summed E-state index contributed by atoms with van der Waals surface area (Å²) in [4.78, 5) is 14.4. The quantitative estimate of drug-likeness (QED) is 0.687. The molecule has 21 heavy (non-hydrogen) atoms. The molecule has 0 spiro atoms. The van der Waals surface area contributed by atoms with E-state index >= 15 is 0 Å². The Balaban J connectivity index is 2.49. The Bertz CT molecular complexity index is 678. The number of benzene rings is 1. The van der Waals surface area contributed by atoms with Gasteiger partial charge in [0.25, 0.3) is 0 Å². The summed E-state index contributed by atoms with van der Waals surface area (Å²) in [7, 11) is 0. The number of anilines is 1. The smallest absolute Gasteiger partial charge is 0.331 e. The molecule has 0 atom stereocenters. The molecule has 0 fully saturated rings. The van der Waals surface area contributed by atoms with E-state index in [9.17, 15) is 10.1 Å². The van der Waals surface area contributed by atoms with Crippen molar-refractivity contribution in [2.75, 3.05) is 5.73 Å². The van der Waals surface area contributed by atoms with Crippen molar-refractivity contribution in [3.05, 3.63) is 52.1 Å². The third kappa shape index (κ3) is 3.28. The highest BCUT2D eigenvalue weighted by atomic mass is 16.6. The van der Waals surface area contributed by atoms with E-state index in [0.29, 0.717) is 5.75 Å². The summed E-state index contributed by atoms with van der Waals surface area (Å²) in [5.74, 6) is 0.603. The normalized spacial score (nSPS) is 11.2. The van der Waals surface area contributed by atoms with Gasteiger partial charge in [-0.1, -0.05) is 39.0 Å². The molecule has 0 amide bonds. The number of nitrogens with zero attached hydrogens (tertiary/aromatic N) is 2. The Morgan fingerprint density at radius 1 is 1.19 bits per heavy atom. The SMILES string of the molecule is CC(C)(C)c1ccccc1Oc1nc(N)ccc1[N+](=O)[O-]. The molecular formula is C15H17N3O3. The Labute approximate surface area is 122 Å². The van der Waals surface area contributed by atoms with E-state index in [0.717, 1.165) is 5.56 Å². The minimum Gasteiger partial charge on any atom is -0.433 e. The molecule has 0 unspecified atom stereocenters. The van der Waals surface area contributed by atoms with Crippen molar-refractivity contribution >= 4 is 11.5 Å². The van der Waals surface area contributed by atoms with Gasteiger partial charge in [0.1, 0.15) is 11.6 Å². The van der Waals surface area contributed by atoms with Gasteiger partial charge in [0.15, 0.2) is 0 Å². The Morgan fingerprint density at radius 3 is 2.48 bits per heavy atom. The maximum absolute atomic E-state index is 11.0. The number of para-hydroxylation sites is 1. The monoisotopic (exact) mass is 287 g/mol. The molecule has 1 heterocycles. The van der Waals surface area contributed by atoms with E-state index in [2.05, 4.69) is 4.98 Å². The Kier molecular flexibility index (Phi) is 3.80. The number of hydrogen-bond acceptors (Lipinski definition) is 5. The summed E-state index contributed by atoms with van der Waals surface area (Å²) < 4.78 is 5.68. The average Bonchev–Trinajstić information content (AvgIpc) is 2.37. The number of nitrogens with two attached hydrogens (primary N) is 1. The van der Waals surface area contributed by atoms with Crippen LogP contribution in [0.15, 0.2) is 36.4 Å². The Morgan fingerprint density at radius 2 is 1.86 bits per heavy atom. The molecule has 110 valence electrons. The molecule has 0 aliphatic rings. The van der Waals surface area contributed by atoms with Gasteiger partial charge in [-0.05, 0) is 17.5 Å². The lowest BCUT2D eigenvalue weighted by Crippen LogP contribution is -2.12. The van der Waals surface area contributed by atoms with Crippen molar-refractivity contribution in [1.29, 1.82) is 0 Å². The molecule has 1 aromatic heterocycles. The van der Waals surface area contributed by atoms with Gasteiger partial charge in [0, 0.05) is 11.6 Å². The number of nitrogen functional groups attached to an aromatic ring is 1. The lowest BCUT2D eigenvalue weighted by atomic mass is 9.86. The van der Waals surface area contributed by atoms with Gasteiger partial charge >= 0.3 is 11.6 Å². The maximum atomic E-state index is 11.0. The van der Waals surface area contributed by atoms with Gasteiger partial charge < -0.3 is 10.5 Å². The second kappa shape index (κ2) is 5.40. The number of ether oxygens (including phenoxy) is 1. The van der Waals surface area contributed by atoms with E-state index in [1.165, 1.54) is 12.1 Å². The average molecular weight is 287 g/mol. The molecule has 6 nitrogen and oxygen atoms in total. The molecule has 0 radical (unpaired) electrons. The van der Waals surface area contributed by atoms with Gasteiger partial charge in [-0.25, -0.2) is 0 Å². The van der Waals surface area contributed by atoms with Crippen LogP contribution in [0.25, 0.3) is 0 Å². The first-order valence-electron chi connectivity index (χ1n) is 6.47. The summed E-state index contributed by atoms with van der Waals surface area (Å²) in [6.07, 6.45) is 0. The van der Waals surface area contributed by atoms with Gasteiger partial charge in [-0.2, -0.15) is 4.98 Å². The highest BCUT2D eigenvalue weighted by Crippen LogP contribution is 2.36. The zero-order valence-corrected chi connectivity index (χ0v) is 12.2. The van der Waals surface area contributed by atoms with Crippen LogP contribution in [0.1, 0.15) is 26.3 Å². The second-order valence-corrected chi connectivity index (χ2v) is 5.67. The van der Waals surface area contributed by atoms with E-state index < -0.39 is 4.92 Å². The van der Waals surface area contributed by atoms with Crippen molar-refractivity contribution in [3.63, 3.8) is 0 Å². The third-order valence-electron chi connectivity index (χ3n) is 2.96. The second-order valence-electron chi connectivity index (χ2n) is 5.67. The first kappa shape index (κ1) is 14.8. The zero-order chi connectivity index (χ0) is 15.6. The number of aromatic nitrogens is 1. The molecule has 1 aromatic carbocycles. The van der Waals surface area contributed by atoms with Crippen molar-refractivity contribution < 1.29 is 9.66 Å². The van der Waals surface area contributed by atoms with Gasteiger partial charge in [0.2, 0.25) is 0 Å². The molecular weight excluding hydrogens is 270 g/mol. The first-order chi connectivity index (χ1) is 9.79. The minimum absolute atomic E-state index is 0.100. The number of hydrogen-bond donors (Lipinski definition) is 1. The summed E-state index contributed by atoms with van der Waals surface area (Å²) in [6.45, 7) is 6.11. The lowest BCUT2D eigenvalue weighted by molar-refractivity contribution is -0.386. The van der Waals surface area contributed by atoms with Gasteiger partial charge in [-0.15, -0.1) is 0 Å². The lowest BCUT2D eigenvalue weighted by Gasteiger charge is -2.22. The summed E-state index contributed by atoms with van der Waals surface area (Å²) in [5.41, 5.74) is 6.15. The molecule has 0 aliphatic carbocycles. The van der Waals surface area contributed by atoms with Crippen LogP contribution in [0.2, 0.25) is 0 Å². The van der Waals surface area contributed by atoms with Gasteiger partial charge in [-0.3, -0.25) is 10.1 Å². The molecule has 2 aromatic rings. The van der Waals surface area contributed by atoms with Crippen LogP contribution in [-0.2, 0) is 5.41 Å². The predicted molar refractivity (Wildman–Crippen MR) is 80.5 cm³/mol. The van der Waals surface area contributed by atoms with Crippen LogP contribution in [-0.4, -0.2) is 9.91 Å². The topological polar surface area (TPSA) is 91.3 Å². The van der Waals surface area contributed by atoms with E-state index in [4.69, 9.17) is 10.5 Å². The van der Waals surface area contributed by atoms with Crippen LogP contribution in [0.4, 0.5) is 11.5 Å². The third-order valence-corrected chi connectivity index (χ3v) is 2.96. The molecule has 2 N–H and O–H groups in total. The standard InChI is InChI=1S/C15H17N3O3/c1-15(2,3)10-6-4-5-7-12(10)21-14-11(18(19)20)8-9-13(16)17-14/h4-9H,1-3H3,(H2,16,17). The maximum Gasteiger partial charge on any atom is 0.331 e. The molecule has 2 rings (SSSR count). The minimum atomic E-state index is -0.540.